The summed E-state index contributed by atoms with van der Waals surface area (Å²) < 4.78 is 0. The molecule has 1 aliphatic rings. The van der Waals surface area contributed by atoms with Gasteiger partial charge < -0.3 is 4.90 Å². The fourth-order valence-electron chi connectivity index (χ4n) is 3.99. The highest BCUT2D eigenvalue weighted by Crippen LogP contribution is 2.39. The Balaban J connectivity index is 1.78. The van der Waals surface area contributed by atoms with E-state index in [4.69, 9.17) is 0 Å². The molecule has 0 heterocycles. The van der Waals surface area contributed by atoms with E-state index in [2.05, 4.69) is 113 Å². The largest absolute Gasteiger partial charge is 0.310 e. The number of hydrogen-bond acceptors (Lipinski definition) is 1. The molecule has 0 unspecified atom stereocenters. The lowest BCUT2D eigenvalue weighted by Crippen LogP contribution is -2.16. The second-order valence-electron chi connectivity index (χ2n) is 10.4. The molecule has 4 rings (SSSR count). The molecule has 0 spiro atoms. The molecular formula is C28H33N. The van der Waals surface area contributed by atoms with Gasteiger partial charge in [-0.2, -0.15) is 0 Å². The van der Waals surface area contributed by atoms with Gasteiger partial charge in [0.05, 0.1) is 0 Å². The number of benzene rings is 3. The van der Waals surface area contributed by atoms with Crippen LogP contribution in [0.1, 0.15) is 63.8 Å². The van der Waals surface area contributed by atoms with E-state index in [0.29, 0.717) is 0 Å². The van der Waals surface area contributed by atoms with Crippen molar-refractivity contribution in [1.29, 1.82) is 0 Å². The lowest BCUT2D eigenvalue weighted by Gasteiger charge is -2.30. The third-order valence-corrected chi connectivity index (χ3v) is 6.09. The van der Waals surface area contributed by atoms with Crippen LogP contribution in [0.3, 0.4) is 0 Å². The summed E-state index contributed by atoms with van der Waals surface area (Å²) in [5.74, 6) is 0. The molecule has 0 atom stereocenters. The van der Waals surface area contributed by atoms with E-state index in [0.717, 1.165) is 0 Å². The average molecular weight is 384 g/mol. The van der Waals surface area contributed by atoms with Gasteiger partial charge in [0.25, 0.3) is 0 Å². The Morgan fingerprint density at radius 3 is 1.28 bits per heavy atom. The van der Waals surface area contributed by atoms with E-state index in [1.165, 1.54) is 52.2 Å². The van der Waals surface area contributed by atoms with Gasteiger partial charge in [-0.15, -0.1) is 0 Å². The number of anilines is 3. The summed E-state index contributed by atoms with van der Waals surface area (Å²) in [4.78, 5) is 2.39. The normalized spacial score (nSPS) is 13.6. The van der Waals surface area contributed by atoms with E-state index in [9.17, 15) is 0 Å². The molecule has 150 valence electrons. The molecule has 1 nitrogen and oxygen atoms in total. The van der Waals surface area contributed by atoms with Gasteiger partial charge in [0.1, 0.15) is 0 Å². The summed E-state index contributed by atoms with van der Waals surface area (Å²) in [7, 11) is 0. The molecule has 1 heteroatoms. The van der Waals surface area contributed by atoms with E-state index in [-0.39, 0.29) is 10.8 Å². The van der Waals surface area contributed by atoms with Crippen LogP contribution in [0, 0.1) is 0 Å². The SMILES string of the molecule is CC(C)(C)c1ccc(N(c2ccc(C(C)(C)C)cc2)c2ccc3c(c2)CC3)cc1. The molecule has 0 aromatic heterocycles. The Morgan fingerprint density at radius 2 is 0.931 bits per heavy atom. The zero-order chi connectivity index (χ0) is 20.8. The van der Waals surface area contributed by atoms with Crippen molar-refractivity contribution in [2.75, 3.05) is 4.90 Å². The molecule has 0 N–H and O–H groups in total. The average Bonchev–Trinajstić information content (AvgIpc) is 2.63. The molecular weight excluding hydrogens is 350 g/mol. The molecule has 3 aromatic rings. The van der Waals surface area contributed by atoms with Gasteiger partial charge >= 0.3 is 0 Å². The predicted octanol–water partition coefficient (Wildman–Crippen LogP) is 7.85. The van der Waals surface area contributed by atoms with Gasteiger partial charge in [0.15, 0.2) is 0 Å². The van der Waals surface area contributed by atoms with Crippen LogP contribution in [-0.4, -0.2) is 0 Å². The summed E-state index contributed by atoms with van der Waals surface area (Å²) in [6.07, 6.45) is 2.42. The minimum atomic E-state index is 0.160. The van der Waals surface area contributed by atoms with Gasteiger partial charge in [-0.25, -0.2) is 0 Å². The molecule has 0 saturated carbocycles. The van der Waals surface area contributed by atoms with Gasteiger partial charge in [-0.3, -0.25) is 0 Å². The first-order valence-corrected chi connectivity index (χ1v) is 10.8. The summed E-state index contributed by atoms with van der Waals surface area (Å²) in [5.41, 5.74) is 9.70. The second-order valence-corrected chi connectivity index (χ2v) is 10.4. The summed E-state index contributed by atoms with van der Waals surface area (Å²) >= 11 is 0. The zero-order valence-electron chi connectivity index (χ0n) is 18.7. The maximum absolute atomic E-state index is 2.39. The number of fused-ring (bicyclic) bond motifs is 1. The Kier molecular flexibility index (Phi) is 4.81. The Labute approximate surface area is 176 Å². The highest BCUT2D eigenvalue weighted by Gasteiger charge is 2.20. The van der Waals surface area contributed by atoms with Gasteiger partial charge in [0, 0.05) is 17.1 Å². The van der Waals surface area contributed by atoms with Crippen molar-refractivity contribution >= 4 is 17.1 Å². The van der Waals surface area contributed by atoms with Crippen molar-refractivity contribution in [3.05, 3.63) is 89.0 Å². The first kappa shape index (κ1) is 19.8. The van der Waals surface area contributed by atoms with Crippen LogP contribution in [-0.2, 0) is 23.7 Å². The van der Waals surface area contributed by atoms with Gasteiger partial charge in [-0.1, -0.05) is 71.9 Å². The molecule has 0 fully saturated rings. The fourth-order valence-corrected chi connectivity index (χ4v) is 3.99. The molecule has 0 aliphatic heterocycles. The second kappa shape index (κ2) is 7.06. The fraction of sp³-hybridized carbons (Fsp3) is 0.357. The van der Waals surface area contributed by atoms with E-state index >= 15 is 0 Å². The van der Waals surface area contributed by atoms with Crippen molar-refractivity contribution < 1.29 is 0 Å². The molecule has 0 bridgehead atoms. The zero-order valence-corrected chi connectivity index (χ0v) is 18.7. The van der Waals surface area contributed by atoms with Crippen molar-refractivity contribution in [2.45, 2.75) is 65.2 Å². The smallest absolute Gasteiger partial charge is 0.0464 e. The van der Waals surface area contributed by atoms with Gasteiger partial charge in [0.2, 0.25) is 0 Å². The minimum Gasteiger partial charge on any atom is -0.310 e. The van der Waals surface area contributed by atoms with E-state index in [1.807, 2.05) is 0 Å². The van der Waals surface area contributed by atoms with E-state index in [1.54, 1.807) is 0 Å². The van der Waals surface area contributed by atoms with Crippen molar-refractivity contribution in [2.24, 2.45) is 0 Å². The molecule has 1 aliphatic carbocycles. The molecule has 0 amide bonds. The van der Waals surface area contributed by atoms with Crippen molar-refractivity contribution in [3.63, 3.8) is 0 Å². The maximum atomic E-state index is 2.39. The third kappa shape index (κ3) is 3.96. The number of hydrogen-bond donors (Lipinski definition) is 0. The summed E-state index contributed by atoms with van der Waals surface area (Å²) in [6.45, 7) is 13.6. The lowest BCUT2D eigenvalue weighted by atomic mass is 9.86. The first-order valence-electron chi connectivity index (χ1n) is 10.8. The number of aryl methyl sites for hydroxylation is 2. The van der Waals surface area contributed by atoms with Crippen LogP contribution in [0.15, 0.2) is 66.7 Å². The van der Waals surface area contributed by atoms with Crippen LogP contribution in [0.4, 0.5) is 17.1 Å². The number of nitrogens with zero attached hydrogens (tertiary/aromatic N) is 1. The van der Waals surface area contributed by atoms with Crippen LogP contribution in [0.25, 0.3) is 0 Å². The van der Waals surface area contributed by atoms with Crippen LogP contribution >= 0.6 is 0 Å². The molecule has 0 saturated heterocycles. The number of rotatable bonds is 3. The molecule has 3 aromatic carbocycles. The van der Waals surface area contributed by atoms with Crippen LogP contribution < -0.4 is 4.90 Å². The molecule has 0 radical (unpaired) electrons. The minimum absolute atomic E-state index is 0.160. The molecule has 29 heavy (non-hydrogen) atoms. The summed E-state index contributed by atoms with van der Waals surface area (Å²) in [6, 6.07) is 25.1. The summed E-state index contributed by atoms with van der Waals surface area (Å²) in [5, 5.41) is 0. The maximum Gasteiger partial charge on any atom is 0.0464 e. The Bertz CT molecular complexity index is 939. The predicted molar refractivity (Wildman–Crippen MR) is 126 cm³/mol. The quantitative estimate of drug-likeness (QED) is 0.445. The highest BCUT2D eigenvalue weighted by atomic mass is 15.1. The third-order valence-electron chi connectivity index (χ3n) is 6.09. The highest BCUT2D eigenvalue weighted by molar-refractivity contribution is 5.77. The standard InChI is InChI=1S/C28H33N/c1-27(2,3)22-10-15-24(16-11-22)29(26-14-9-20-7-8-21(20)19-26)25-17-12-23(13-18-25)28(4,5)6/h9-19H,7-8H2,1-6H3. The lowest BCUT2D eigenvalue weighted by molar-refractivity contribution is 0.590. The monoisotopic (exact) mass is 383 g/mol. The topological polar surface area (TPSA) is 3.24 Å². The van der Waals surface area contributed by atoms with Crippen LogP contribution in [0.2, 0.25) is 0 Å². The van der Waals surface area contributed by atoms with Gasteiger partial charge in [-0.05, 0) is 82.3 Å². The van der Waals surface area contributed by atoms with Crippen molar-refractivity contribution in [3.8, 4) is 0 Å². The van der Waals surface area contributed by atoms with E-state index < -0.39 is 0 Å². The Hall–Kier alpha value is -2.54. The van der Waals surface area contributed by atoms with Crippen LogP contribution in [0.5, 0.6) is 0 Å². The van der Waals surface area contributed by atoms with Crippen molar-refractivity contribution in [1.82, 2.24) is 0 Å². The Morgan fingerprint density at radius 1 is 0.517 bits per heavy atom. The first-order chi connectivity index (χ1) is 13.6.